The number of aromatic nitrogens is 1. The number of H-pyrrole nitrogens is 1. The number of nitrogens with zero attached hydrogens (tertiary/aromatic N) is 1. The van der Waals surface area contributed by atoms with Crippen molar-refractivity contribution in [2.75, 3.05) is 11.9 Å². The Hall–Kier alpha value is -2.33. The van der Waals surface area contributed by atoms with Gasteiger partial charge in [0.2, 0.25) is 0 Å². The van der Waals surface area contributed by atoms with Crippen molar-refractivity contribution >= 4 is 28.4 Å². The summed E-state index contributed by atoms with van der Waals surface area (Å²) in [4.78, 5) is 5.73. The molecule has 1 aliphatic heterocycles. The molecule has 4 rings (SSSR count). The number of hydrogen-bond donors (Lipinski definition) is 2. The van der Waals surface area contributed by atoms with E-state index in [-0.39, 0.29) is 5.50 Å². The van der Waals surface area contributed by atoms with Gasteiger partial charge in [-0.15, -0.1) is 0 Å². The summed E-state index contributed by atoms with van der Waals surface area (Å²) < 4.78 is 0. The van der Waals surface area contributed by atoms with Gasteiger partial charge >= 0.3 is 0 Å². The number of benzene rings is 2. The molecule has 2 heterocycles. The van der Waals surface area contributed by atoms with E-state index in [1.165, 1.54) is 27.7 Å². The summed E-state index contributed by atoms with van der Waals surface area (Å²) in [5.74, 6) is 0. The Morgan fingerprint density at radius 2 is 1.96 bits per heavy atom. The Balaban J connectivity index is 1.41. The fraction of sp³-hybridized carbons (Fsp3) is 0.200. The lowest BCUT2D eigenvalue weighted by Gasteiger charge is -2.26. The highest BCUT2D eigenvalue weighted by Crippen LogP contribution is 2.27. The van der Waals surface area contributed by atoms with Gasteiger partial charge in [-0.3, -0.25) is 0 Å². The van der Waals surface area contributed by atoms with E-state index in [4.69, 9.17) is 0 Å². The Labute approximate surface area is 146 Å². The molecule has 0 saturated carbocycles. The minimum atomic E-state index is 0.262. The number of thioether (sulfide) groups is 1. The molecule has 122 valence electrons. The third-order valence-corrected chi connectivity index (χ3v) is 5.34. The molecule has 0 saturated heterocycles. The zero-order chi connectivity index (χ0) is 16.4. The van der Waals surface area contributed by atoms with Crippen molar-refractivity contribution in [1.82, 2.24) is 9.88 Å². The van der Waals surface area contributed by atoms with E-state index in [1.54, 1.807) is 0 Å². The molecule has 0 amide bonds. The molecule has 1 aliphatic rings. The maximum absolute atomic E-state index is 3.60. The SMILES string of the molecule is Cc1ccc(NC2SC=CN2CCc2c[nH]c3ccccc23)cc1. The second kappa shape index (κ2) is 6.65. The molecular weight excluding hydrogens is 314 g/mol. The predicted octanol–water partition coefficient (Wildman–Crippen LogP) is 4.93. The average molecular weight is 335 g/mol. The van der Waals surface area contributed by atoms with Gasteiger partial charge in [-0.1, -0.05) is 47.7 Å². The minimum Gasteiger partial charge on any atom is -0.361 e. The van der Waals surface area contributed by atoms with Crippen LogP contribution < -0.4 is 5.32 Å². The molecular formula is C20H21N3S. The van der Waals surface area contributed by atoms with Gasteiger partial charge in [-0.25, -0.2) is 0 Å². The largest absolute Gasteiger partial charge is 0.361 e. The van der Waals surface area contributed by atoms with Crippen LogP contribution in [0.1, 0.15) is 11.1 Å². The van der Waals surface area contributed by atoms with E-state index in [2.05, 4.69) is 88.5 Å². The molecule has 3 nitrogen and oxygen atoms in total. The van der Waals surface area contributed by atoms with E-state index >= 15 is 0 Å². The third kappa shape index (κ3) is 3.15. The standard InChI is InChI=1S/C20H21N3S/c1-15-6-8-17(9-7-15)22-20-23(12-13-24-20)11-10-16-14-21-19-5-3-2-4-18(16)19/h2-9,12-14,20-22H,10-11H2,1H3. The Bertz CT molecular complexity index is 851. The topological polar surface area (TPSA) is 31.1 Å². The predicted molar refractivity (Wildman–Crippen MR) is 104 cm³/mol. The summed E-state index contributed by atoms with van der Waals surface area (Å²) in [5, 5.41) is 7.10. The number of para-hydroxylation sites is 1. The van der Waals surface area contributed by atoms with Crippen molar-refractivity contribution in [3.63, 3.8) is 0 Å². The van der Waals surface area contributed by atoms with Crippen LogP contribution in [0.15, 0.2) is 66.3 Å². The smallest absolute Gasteiger partial charge is 0.151 e. The van der Waals surface area contributed by atoms with Gasteiger partial charge < -0.3 is 15.2 Å². The molecule has 1 aromatic heterocycles. The van der Waals surface area contributed by atoms with Crippen molar-refractivity contribution < 1.29 is 0 Å². The first-order valence-electron chi connectivity index (χ1n) is 8.26. The van der Waals surface area contributed by atoms with Crippen LogP contribution in [0, 0.1) is 6.92 Å². The maximum atomic E-state index is 3.60. The average Bonchev–Trinajstić information content (AvgIpc) is 3.22. The normalized spacial score (nSPS) is 16.9. The third-order valence-electron chi connectivity index (χ3n) is 4.42. The summed E-state index contributed by atoms with van der Waals surface area (Å²) in [5.41, 5.74) is 5.31. The first-order valence-corrected chi connectivity index (χ1v) is 9.20. The molecule has 0 bridgehead atoms. The molecule has 0 fully saturated rings. The van der Waals surface area contributed by atoms with E-state index in [0.717, 1.165) is 13.0 Å². The fourth-order valence-corrected chi connectivity index (χ4v) is 3.94. The quantitative estimate of drug-likeness (QED) is 0.693. The molecule has 2 aromatic carbocycles. The van der Waals surface area contributed by atoms with Crippen LogP contribution in [-0.4, -0.2) is 21.9 Å². The molecule has 3 aromatic rings. The zero-order valence-corrected chi connectivity index (χ0v) is 14.5. The summed E-state index contributed by atoms with van der Waals surface area (Å²) in [6.07, 6.45) is 5.35. The van der Waals surface area contributed by atoms with Gasteiger partial charge in [0.1, 0.15) is 0 Å². The highest BCUT2D eigenvalue weighted by Gasteiger charge is 2.19. The Morgan fingerprint density at radius 1 is 1.12 bits per heavy atom. The summed E-state index contributed by atoms with van der Waals surface area (Å²) >= 11 is 1.82. The number of hydrogen-bond acceptors (Lipinski definition) is 3. The summed E-state index contributed by atoms with van der Waals surface area (Å²) in [6.45, 7) is 3.11. The molecule has 0 aliphatic carbocycles. The Morgan fingerprint density at radius 3 is 2.83 bits per heavy atom. The van der Waals surface area contributed by atoms with Crippen molar-refractivity contribution in [2.45, 2.75) is 18.8 Å². The number of fused-ring (bicyclic) bond motifs is 1. The summed E-state index contributed by atoms with van der Waals surface area (Å²) in [7, 11) is 0. The highest BCUT2D eigenvalue weighted by atomic mass is 32.2. The highest BCUT2D eigenvalue weighted by molar-refractivity contribution is 8.03. The molecule has 1 unspecified atom stereocenters. The van der Waals surface area contributed by atoms with Gasteiger partial charge in [0.15, 0.2) is 5.50 Å². The molecule has 0 spiro atoms. The van der Waals surface area contributed by atoms with E-state index in [0.29, 0.717) is 0 Å². The molecule has 24 heavy (non-hydrogen) atoms. The van der Waals surface area contributed by atoms with Gasteiger partial charge in [-0.2, -0.15) is 0 Å². The number of aromatic amines is 1. The first kappa shape index (κ1) is 15.2. The molecule has 4 heteroatoms. The van der Waals surface area contributed by atoms with Gasteiger partial charge in [0.25, 0.3) is 0 Å². The van der Waals surface area contributed by atoms with Crippen LogP contribution >= 0.6 is 11.8 Å². The van der Waals surface area contributed by atoms with Gasteiger partial charge in [0.05, 0.1) is 0 Å². The van der Waals surface area contributed by atoms with Gasteiger partial charge in [-0.05, 0) is 42.5 Å². The van der Waals surface area contributed by atoms with Crippen LogP contribution in [0.25, 0.3) is 10.9 Å². The van der Waals surface area contributed by atoms with Crippen LogP contribution in [-0.2, 0) is 6.42 Å². The minimum absolute atomic E-state index is 0.262. The lowest BCUT2D eigenvalue weighted by Crippen LogP contribution is -2.33. The van der Waals surface area contributed by atoms with E-state index in [1.807, 2.05) is 11.8 Å². The number of rotatable bonds is 5. The van der Waals surface area contributed by atoms with Crippen LogP contribution in [0.5, 0.6) is 0 Å². The maximum Gasteiger partial charge on any atom is 0.151 e. The number of anilines is 1. The van der Waals surface area contributed by atoms with Gasteiger partial charge in [0, 0.05) is 35.5 Å². The second-order valence-electron chi connectivity index (χ2n) is 6.13. The van der Waals surface area contributed by atoms with Crippen LogP contribution in [0.3, 0.4) is 0 Å². The molecule has 2 N–H and O–H groups in total. The number of aryl methyl sites for hydroxylation is 1. The summed E-state index contributed by atoms with van der Waals surface area (Å²) in [6, 6.07) is 17.1. The zero-order valence-electron chi connectivity index (χ0n) is 13.7. The van der Waals surface area contributed by atoms with Crippen molar-refractivity contribution in [3.8, 4) is 0 Å². The van der Waals surface area contributed by atoms with Crippen molar-refractivity contribution in [3.05, 3.63) is 77.5 Å². The lowest BCUT2D eigenvalue weighted by atomic mass is 10.1. The number of nitrogens with one attached hydrogen (secondary N) is 2. The van der Waals surface area contributed by atoms with Crippen molar-refractivity contribution in [2.24, 2.45) is 0 Å². The van der Waals surface area contributed by atoms with Crippen LogP contribution in [0.4, 0.5) is 5.69 Å². The molecule has 1 atom stereocenters. The Kier molecular flexibility index (Phi) is 4.22. The first-order chi connectivity index (χ1) is 11.8. The monoisotopic (exact) mass is 335 g/mol. The molecule has 0 radical (unpaired) electrons. The second-order valence-corrected chi connectivity index (χ2v) is 7.12. The fourth-order valence-electron chi connectivity index (χ4n) is 3.03. The van der Waals surface area contributed by atoms with Crippen molar-refractivity contribution in [1.29, 1.82) is 0 Å². The van der Waals surface area contributed by atoms with Crippen LogP contribution in [0.2, 0.25) is 0 Å². The lowest BCUT2D eigenvalue weighted by molar-refractivity contribution is 0.388. The van der Waals surface area contributed by atoms with E-state index in [9.17, 15) is 0 Å². The van der Waals surface area contributed by atoms with E-state index < -0.39 is 0 Å².